The maximum absolute atomic E-state index is 9.76. The van der Waals surface area contributed by atoms with Crippen molar-refractivity contribution >= 4 is 6.16 Å². The van der Waals surface area contributed by atoms with Crippen LogP contribution >= 0.6 is 0 Å². The van der Waals surface area contributed by atoms with E-state index in [2.05, 4.69) is 14.8 Å². The summed E-state index contributed by atoms with van der Waals surface area (Å²) in [6, 6.07) is 0. The average Bonchev–Trinajstić information content (AvgIpc) is 2.03. The van der Waals surface area contributed by atoms with Crippen molar-refractivity contribution in [3.63, 3.8) is 0 Å². The molecule has 6 heteroatoms. The highest BCUT2D eigenvalue weighted by atomic mass is 17.5. The maximum atomic E-state index is 9.76. The summed E-state index contributed by atoms with van der Waals surface area (Å²) in [5, 5.41) is 11.8. The van der Waals surface area contributed by atoms with E-state index in [1.807, 2.05) is 13.8 Å². The van der Waals surface area contributed by atoms with E-state index >= 15 is 0 Å². The van der Waals surface area contributed by atoms with Crippen LogP contribution in [-0.2, 0) is 19.6 Å². The van der Waals surface area contributed by atoms with Gasteiger partial charge in [-0.05, 0) is 18.9 Å². The third-order valence-corrected chi connectivity index (χ3v) is 1.49. The lowest BCUT2D eigenvalue weighted by Crippen LogP contribution is -2.24. The molecule has 0 fully saturated rings. The fraction of sp³-hybridized carbons (Fsp3) is 0.857. The number of carbonyl (C=O) groups is 1. The van der Waals surface area contributed by atoms with Crippen LogP contribution in [0.25, 0.3) is 0 Å². The first-order chi connectivity index (χ1) is 5.98. The van der Waals surface area contributed by atoms with Crippen LogP contribution in [0.3, 0.4) is 0 Å². The SMILES string of the molecule is COC(C)(C)CCOOOC(=O)O. The molecule has 0 heterocycles. The van der Waals surface area contributed by atoms with Crippen LogP contribution in [-0.4, -0.2) is 30.6 Å². The zero-order chi connectivity index (χ0) is 10.3. The van der Waals surface area contributed by atoms with Gasteiger partial charge < -0.3 is 9.84 Å². The Bertz CT molecular complexity index is 155. The topological polar surface area (TPSA) is 74.2 Å². The number of hydrogen-bond acceptors (Lipinski definition) is 5. The molecule has 0 saturated carbocycles. The third-order valence-electron chi connectivity index (χ3n) is 1.49. The standard InChI is InChI=1S/C7H14O6/c1-7(2,10-3)4-5-11-13-12-6(8)9/h4-5H2,1-3H3,(H,8,9). The minimum Gasteiger partial charge on any atom is -0.448 e. The molecule has 0 aromatic rings. The smallest absolute Gasteiger partial charge is 0.448 e. The number of hydrogen-bond donors (Lipinski definition) is 1. The minimum atomic E-state index is -1.55. The molecular formula is C7H14O6. The largest absolute Gasteiger partial charge is 0.540 e. The van der Waals surface area contributed by atoms with Gasteiger partial charge in [-0.25, -0.2) is 9.68 Å². The molecule has 0 spiro atoms. The molecule has 6 nitrogen and oxygen atoms in total. The Kier molecular flexibility index (Phi) is 5.36. The van der Waals surface area contributed by atoms with Crippen LogP contribution in [0.1, 0.15) is 20.3 Å². The molecule has 0 aliphatic carbocycles. The van der Waals surface area contributed by atoms with Gasteiger partial charge >= 0.3 is 6.16 Å². The van der Waals surface area contributed by atoms with E-state index in [1.165, 1.54) is 0 Å². The Hall–Kier alpha value is -0.850. The molecule has 0 unspecified atom stereocenters. The highest BCUT2D eigenvalue weighted by Gasteiger charge is 2.16. The zero-order valence-electron chi connectivity index (χ0n) is 7.90. The molecule has 0 saturated heterocycles. The van der Waals surface area contributed by atoms with Crippen molar-refractivity contribution in [2.45, 2.75) is 25.9 Å². The van der Waals surface area contributed by atoms with E-state index in [-0.39, 0.29) is 12.2 Å². The van der Waals surface area contributed by atoms with E-state index in [4.69, 9.17) is 9.84 Å². The van der Waals surface area contributed by atoms with E-state index in [9.17, 15) is 4.79 Å². The molecule has 1 N–H and O–H groups in total. The summed E-state index contributed by atoms with van der Waals surface area (Å²) < 4.78 is 5.07. The normalized spacial score (nSPS) is 11.3. The molecule has 0 rings (SSSR count). The van der Waals surface area contributed by atoms with Crippen molar-refractivity contribution < 1.29 is 29.5 Å². The quantitative estimate of drug-likeness (QED) is 0.391. The minimum absolute atomic E-state index is 0.189. The highest BCUT2D eigenvalue weighted by Crippen LogP contribution is 2.12. The summed E-state index contributed by atoms with van der Waals surface area (Å²) in [5.41, 5.74) is -0.327. The Balaban J connectivity index is 3.30. The first kappa shape index (κ1) is 12.2. The lowest BCUT2D eigenvalue weighted by Gasteiger charge is -2.21. The predicted octanol–water partition coefficient (Wildman–Crippen LogP) is 1.36. The first-order valence-corrected chi connectivity index (χ1v) is 3.72. The molecule has 0 radical (unpaired) electrons. The van der Waals surface area contributed by atoms with Crippen molar-refractivity contribution in [1.29, 1.82) is 0 Å². The van der Waals surface area contributed by atoms with E-state index in [0.717, 1.165) is 0 Å². The van der Waals surface area contributed by atoms with Crippen molar-refractivity contribution in [1.82, 2.24) is 0 Å². The summed E-state index contributed by atoms with van der Waals surface area (Å²) in [7, 11) is 1.58. The summed E-state index contributed by atoms with van der Waals surface area (Å²) in [4.78, 5) is 17.8. The van der Waals surface area contributed by atoms with Gasteiger partial charge in [-0.3, -0.25) is 0 Å². The Morgan fingerprint density at radius 2 is 2.08 bits per heavy atom. The summed E-state index contributed by atoms with van der Waals surface area (Å²) in [6.45, 7) is 3.93. The number of rotatable bonds is 6. The monoisotopic (exact) mass is 194 g/mol. The Morgan fingerprint density at radius 3 is 2.54 bits per heavy atom. The molecule has 0 amide bonds. The van der Waals surface area contributed by atoms with Crippen molar-refractivity contribution in [2.24, 2.45) is 0 Å². The number of methoxy groups -OCH3 is 1. The first-order valence-electron chi connectivity index (χ1n) is 3.72. The summed E-state index contributed by atoms with van der Waals surface area (Å²) in [6.07, 6.45) is -0.988. The van der Waals surface area contributed by atoms with E-state index < -0.39 is 6.16 Å². The number of carboxylic acid groups (broad SMARTS) is 1. The second kappa shape index (κ2) is 5.74. The van der Waals surface area contributed by atoms with Gasteiger partial charge in [-0.1, -0.05) is 0 Å². The van der Waals surface area contributed by atoms with Gasteiger partial charge in [0.1, 0.15) is 0 Å². The van der Waals surface area contributed by atoms with Gasteiger partial charge in [0, 0.05) is 13.5 Å². The maximum Gasteiger partial charge on any atom is 0.540 e. The van der Waals surface area contributed by atoms with Gasteiger partial charge in [-0.15, -0.1) is 0 Å². The van der Waals surface area contributed by atoms with Gasteiger partial charge in [0.2, 0.25) is 0 Å². The highest BCUT2D eigenvalue weighted by molar-refractivity contribution is 5.55. The molecule has 0 aliphatic rings. The van der Waals surface area contributed by atoms with Gasteiger partial charge in [-0.2, -0.15) is 4.89 Å². The molecule has 0 bridgehead atoms. The molecule has 0 atom stereocenters. The molecular weight excluding hydrogens is 180 g/mol. The zero-order valence-corrected chi connectivity index (χ0v) is 7.90. The summed E-state index contributed by atoms with van der Waals surface area (Å²) in [5.74, 6) is 0. The second-order valence-electron chi connectivity index (χ2n) is 2.95. The van der Waals surface area contributed by atoms with Gasteiger partial charge in [0.25, 0.3) is 0 Å². The Morgan fingerprint density at radius 1 is 1.46 bits per heavy atom. The number of ether oxygens (including phenoxy) is 1. The van der Waals surface area contributed by atoms with Crippen molar-refractivity contribution in [3.05, 3.63) is 0 Å². The summed E-state index contributed by atoms with van der Waals surface area (Å²) >= 11 is 0. The lowest BCUT2D eigenvalue weighted by molar-refractivity contribution is -0.486. The van der Waals surface area contributed by atoms with E-state index in [1.54, 1.807) is 7.11 Å². The lowest BCUT2D eigenvalue weighted by atomic mass is 10.1. The predicted molar refractivity (Wildman–Crippen MR) is 41.9 cm³/mol. The van der Waals surface area contributed by atoms with Crippen LogP contribution in [0.4, 0.5) is 4.79 Å². The van der Waals surface area contributed by atoms with Crippen molar-refractivity contribution in [3.8, 4) is 0 Å². The Labute approximate surface area is 76.2 Å². The van der Waals surface area contributed by atoms with Gasteiger partial charge in [0.05, 0.1) is 12.2 Å². The third kappa shape index (κ3) is 7.51. The van der Waals surface area contributed by atoms with Crippen LogP contribution in [0.2, 0.25) is 0 Å². The second-order valence-corrected chi connectivity index (χ2v) is 2.95. The molecule has 0 aromatic heterocycles. The average molecular weight is 194 g/mol. The van der Waals surface area contributed by atoms with Crippen molar-refractivity contribution in [2.75, 3.05) is 13.7 Å². The fourth-order valence-corrected chi connectivity index (χ4v) is 0.477. The van der Waals surface area contributed by atoms with Crippen LogP contribution in [0.15, 0.2) is 0 Å². The molecule has 13 heavy (non-hydrogen) atoms. The van der Waals surface area contributed by atoms with E-state index in [0.29, 0.717) is 6.42 Å². The molecule has 78 valence electrons. The fourth-order valence-electron chi connectivity index (χ4n) is 0.477. The van der Waals surface area contributed by atoms with Gasteiger partial charge in [0.15, 0.2) is 0 Å². The molecule has 0 aromatic carbocycles. The molecule has 0 aliphatic heterocycles. The van der Waals surface area contributed by atoms with Crippen LogP contribution < -0.4 is 0 Å². The van der Waals surface area contributed by atoms with Crippen LogP contribution in [0.5, 0.6) is 0 Å². The van der Waals surface area contributed by atoms with Crippen LogP contribution in [0, 0.1) is 0 Å².